The first-order valence-electron chi connectivity index (χ1n) is 3.07. The Balaban J connectivity index is 3.02. The molecule has 6 heteroatoms. The van der Waals surface area contributed by atoms with E-state index >= 15 is 0 Å². The number of nitrogens with zero attached hydrogens (tertiary/aromatic N) is 1. The Morgan fingerprint density at radius 3 is 2.83 bits per heavy atom. The average molecular weight is 186 g/mol. The van der Waals surface area contributed by atoms with Crippen LogP contribution in [0, 0.1) is 0 Å². The van der Waals surface area contributed by atoms with Gasteiger partial charge >= 0.3 is 0 Å². The Morgan fingerprint density at radius 2 is 2.50 bits per heavy atom. The molecule has 0 amide bonds. The van der Waals surface area contributed by atoms with Gasteiger partial charge in [0.2, 0.25) is 5.72 Å². The Bertz CT molecular complexity index is 288. The summed E-state index contributed by atoms with van der Waals surface area (Å²) in [5.41, 5.74) is 9.52. The molecule has 0 bridgehead atoms. The quantitative estimate of drug-likeness (QED) is 0.626. The minimum Gasteiger partial charge on any atom is -0.375 e. The van der Waals surface area contributed by atoms with E-state index in [0.29, 0.717) is 5.13 Å². The van der Waals surface area contributed by atoms with Crippen molar-refractivity contribution < 1.29 is 9.53 Å². The lowest BCUT2D eigenvalue weighted by molar-refractivity contribution is 0.0477. The number of nitrogens with two attached hydrogens (primary N) is 2. The molecule has 1 radical (unpaired) electrons. The topological polar surface area (TPSA) is 91.2 Å². The van der Waals surface area contributed by atoms with Gasteiger partial charge < -0.3 is 10.5 Å². The van der Waals surface area contributed by atoms with Crippen molar-refractivity contribution in [3.8, 4) is 0 Å². The summed E-state index contributed by atoms with van der Waals surface area (Å²) in [5, 5.41) is 1.90. The predicted molar refractivity (Wildman–Crippen MR) is 45.1 cm³/mol. The molecule has 0 saturated heterocycles. The van der Waals surface area contributed by atoms with Gasteiger partial charge in [-0.3, -0.25) is 10.5 Å². The van der Waals surface area contributed by atoms with E-state index in [-0.39, 0.29) is 5.69 Å². The molecule has 0 saturated carbocycles. The van der Waals surface area contributed by atoms with Crippen molar-refractivity contribution in [1.82, 2.24) is 4.98 Å². The first-order valence-corrected chi connectivity index (χ1v) is 3.95. The van der Waals surface area contributed by atoms with Crippen LogP contribution in [-0.4, -0.2) is 18.4 Å². The third kappa shape index (κ3) is 1.45. The molecule has 1 unspecified atom stereocenters. The van der Waals surface area contributed by atoms with E-state index in [1.165, 1.54) is 18.4 Å². The van der Waals surface area contributed by atoms with E-state index in [2.05, 4.69) is 4.98 Å². The summed E-state index contributed by atoms with van der Waals surface area (Å²) >= 11 is 1.19. The molecule has 1 aromatic heterocycles. The van der Waals surface area contributed by atoms with Crippen molar-refractivity contribution in [2.45, 2.75) is 5.72 Å². The molecule has 0 aliphatic carbocycles. The van der Waals surface area contributed by atoms with Crippen LogP contribution in [0.25, 0.3) is 0 Å². The number of thiazole rings is 1. The lowest BCUT2D eigenvalue weighted by atomic mass is 10.2. The van der Waals surface area contributed by atoms with Crippen LogP contribution in [0.4, 0.5) is 5.13 Å². The molecule has 4 N–H and O–H groups in total. The fraction of sp³-hybridized carbons (Fsp3) is 0.333. The van der Waals surface area contributed by atoms with Crippen molar-refractivity contribution in [1.29, 1.82) is 0 Å². The largest absolute Gasteiger partial charge is 0.375 e. The lowest BCUT2D eigenvalue weighted by Crippen LogP contribution is -2.40. The molecule has 1 atom stereocenters. The van der Waals surface area contributed by atoms with Crippen molar-refractivity contribution in [3.05, 3.63) is 11.1 Å². The van der Waals surface area contributed by atoms with Gasteiger partial charge in [-0.15, -0.1) is 11.3 Å². The third-order valence-corrected chi connectivity index (χ3v) is 2.05. The lowest BCUT2D eigenvalue weighted by Gasteiger charge is -2.16. The number of rotatable bonds is 3. The summed E-state index contributed by atoms with van der Waals surface area (Å²) in [5.74, 6) is 0. The molecule has 0 aromatic carbocycles. The van der Waals surface area contributed by atoms with Crippen molar-refractivity contribution in [2.24, 2.45) is 5.73 Å². The summed E-state index contributed by atoms with van der Waals surface area (Å²) in [6.07, 6.45) is 1.55. The molecule has 1 aromatic rings. The molecule has 0 aliphatic rings. The van der Waals surface area contributed by atoms with E-state index in [4.69, 9.17) is 16.2 Å². The number of hydrogen-bond acceptors (Lipinski definition) is 6. The third-order valence-electron chi connectivity index (χ3n) is 1.38. The van der Waals surface area contributed by atoms with E-state index in [1.54, 1.807) is 11.7 Å². The Morgan fingerprint density at radius 1 is 1.83 bits per heavy atom. The average Bonchev–Trinajstić information content (AvgIpc) is 2.51. The minimum absolute atomic E-state index is 0.280. The maximum Gasteiger partial charge on any atom is 0.256 e. The predicted octanol–water partition coefficient (Wildman–Crippen LogP) is -0.407. The number of nitrogen functional groups attached to an aromatic ring is 1. The second kappa shape index (κ2) is 3.18. The highest BCUT2D eigenvalue weighted by molar-refractivity contribution is 7.13. The number of ether oxygens (including phenoxy) is 1. The van der Waals surface area contributed by atoms with E-state index < -0.39 is 5.72 Å². The Hall–Kier alpha value is -0.980. The zero-order chi connectivity index (χ0) is 9.19. The number of anilines is 1. The molecule has 1 heterocycles. The highest BCUT2D eigenvalue weighted by atomic mass is 32.1. The Kier molecular flexibility index (Phi) is 2.41. The van der Waals surface area contributed by atoms with E-state index in [1.807, 2.05) is 0 Å². The zero-order valence-corrected chi connectivity index (χ0v) is 7.22. The fourth-order valence-electron chi connectivity index (χ4n) is 0.657. The molecule has 65 valence electrons. The summed E-state index contributed by atoms with van der Waals surface area (Å²) in [6.45, 7) is 0. The molecular formula is C6H8N3O2S. The van der Waals surface area contributed by atoms with Gasteiger partial charge in [0.05, 0.1) is 0 Å². The first-order chi connectivity index (χ1) is 5.62. The highest BCUT2D eigenvalue weighted by Crippen LogP contribution is 2.20. The SMILES string of the molecule is COC(N)([C]=O)c1csc(N)n1. The van der Waals surface area contributed by atoms with Crippen molar-refractivity contribution in [2.75, 3.05) is 12.8 Å². The standard InChI is InChI=1S/C6H8N3O2S/c1-11-6(8,3-10)4-2-12-5(7)9-4/h2H,8H2,1H3,(H2,7,9). The summed E-state index contributed by atoms with van der Waals surface area (Å²) in [6, 6.07) is 0. The van der Waals surface area contributed by atoms with Crippen LogP contribution in [0.5, 0.6) is 0 Å². The molecule has 1 rings (SSSR count). The fourth-order valence-corrected chi connectivity index (χ4v) is 1.27. The molecule has 0 aliphatic heterocycles. The van der Waals surface area contributed by atoms with Gasteiger partial charge in [0.25, 0.3) is 6.29 Å². The molecule has 5 nitrogen and oxygen atoms in total. The van der Waals surface area contributed by atoms with Crippen molar-refractivity contribution in [3.63, 3.8) is 0 Å². The first kappa shape index (κ1) is 9.11. The monoisotopic (exact) mass is 186 g/mol. The normalized spacial score (nSPS) is 15.5. The van der Waals surface area contributed by atoms with Crippen LogP contribution in [0.15, 0.2) is 5.38 Å². The summed E-state index contributed by atoms with van der Waals surface area (Å²) in [7, 11) is 1.31. The molecule has 0 spiro atoms. The van der Waals surface area contributed by atoms with Gasteiger partial charge in [0, 0.05) is 12.5 Å². The summed E-state index contributed by atoms with van der Waals surface area (Å²) in [4.78, 5) is 14.2. The molecule has 0 fully saturated rings. The number of methoxy groups -OCH3 is 1. The van der Waals surface area contributed by atoms with Gasteiger partial charge in [-0.1, -0.05) is 0 Å². The summed E-state index contributed by atoms with van der Waals surface area (Å²) < 4.78 is 4.73. The van der Waals surface area contributed by atoms with Crippen LogP contribution in [0.1, 0.15) is 5.69 Å². The van der Waals surface area contributed by atoms with Crippen LogP contribution in [0.2, 0.25) is 0 Å². The maximum atomic E-state index is 10.4. The van der Waals surface area contributed by atoms with Crippen LogP contribution < -0.4 is 11.5 Å². The second-order valence-electron chi connectivity index (χ2n) is 2.11. The number of carbonyl (C=O) groups excluding carboxylic acids is 1. The maximum absolute atomic E-state index is 10.4. The van der Waals surface area contributed by atoms with Gasteiger partial charge in [0.1, 0.15) is 5.69 Å². The molecular weight excluding hydrogens is 178 g/mol. The van der Waals surface area contributed by atoms with Crippen molar-refractivity contribution >= 4 is 22.8 Å². The Labute approximate surface area is 73.3 Å². The minimum atomic E-state index is -1.59. The van der Waals surface area contributed by atoms with Crippen LogP contribution in [0.3, 0.4) is 0 Å². The smallest absolute Gasteiger partial charge is 0.256 e. The second-order valence-corrected chi connectivity index (χ2v) is 3.00. The van der Waals surface area contributed by atoms with Gasteiger partial charge in [-0.05, 0) is 0 Å². The number of aromatic nitrogens is 1. The van der Waals surface area contributed by atoms with Gasteiger partial charge in [0.15, 0.2) is 5.13 Å². The number of hydrogen-bond donors (Lipinski definition) is 2. The van der Waals surface area contributed by atoms with Gasteiger partial charge in [-0.25, -0.2) is 4.98 Å². The molecule has 12 heavy (non-hydrogen) atoms. The van der Waals surface area contributed by atoms with Crippen LogP contribution >= 0.6 is 11.3 Å². The van der Waals surface area contributed by atoms with Crippen LogP contribution in [-0.2, 0) is 15.3 Å². The highest BCUT2D eigenvalue weighted by Gasteiger charge is 2.30. The zero-order valence-electron chi connectivity index (χ0n) is 6.40. The van der Waals surface area contributed by atoms with Gasteiger partial charge in [-0.2, -0.15) is 0 Å². The van der Waals surface area contributed by atoms with E-state index in [9.17, 15) is 4.79 Å². The van der Waals surface area contributed by atoms with E-state index in [0.717, 1.165) is 0 Å².